The molecule has 1 aromatic heterocycles. The van der Waals surface area contributed by atoms with E-state index in [1.165, 1.54) is 12.1 Å². The first-order chi connectivity index (χ1) is 13.1. The molecule has 4 nitrogen and oxygen atoms in total. The van der Waals surface area contributed by atoms with Crippen LogP contribution in [0.15, 0.2) is 36.4 Å². The number of benzene rings is 1. The molecule has 4 rings (SSSR count). The topological polar surface area (TPSA) is 42.4 Å². The van der Waals surface area contributed by atoms with Crippen molar-refractivity contribution in [2.75, 3.05) is 19.7 Å². The van der Waals surface area contributed by atoms with E-state index in [0.717, 1.165) is 61.3 Å². The van der Waals surface area contributed by atoms with Gasteiger partial charge in [0.25, 0.3) is 5.91 Å². The molecule has 0 aliphatic carbocycles. The van der Waals surface area contributed by atoms with Gasteiger partial charge in [-0.15, -0.1) is 0 Å². The van der Waals surface area contributed by atoms with Crippen LogP contribution < -0.4 is 0 Å². The van der Waals surface area contributed by atoms with E-state index in [1.807, 2.05) is 17.9 Å². The third-order valence-electron chi connectivity index (χ3n) is 5.58. The quantitative estimate of drug-likeness (QED) is 0.820. The number of ether oxygens (including phenoxy) is 1. The molecule has 27 heavy (non-hydrogen) atoms. The smallest absolute Gasteiger partial charge is 0.251 e. The van der Waals surface area contributed by atoms with Gasteiger partial charge in [0.2, 0.25) is 0 Å². The number of piperidine rings is 1. The molecule has 0 spiro atoms. The van der Waals surface area contributed by atoms with Crippen LogP contribution in [0.3, 0.4) is 0 Å². The lowest BCUT2D eigenvalue weighted by atomic mass is 9.91. The molecule has 0 saturated carbocycles. The number of hydrogen-bond acceptors (Lipinski definition) is 3. The lowest BCUT2D eigenvalue weighted by Gasteiger charge is -2.33. The minimum atomic E-state index is -0.233. The summed E-state index contributed by atoms with van der Waals surface area (Å²) in [7, 11) is 0. The van der Waals surface area contributed by atoms with Gasteiger partial charge in [-0.1, -0.05) is 12.1 Å². The first kappa shape index (κ1) is 18.1. The van der Waals surface area contributed by atoms with E-state index >= 15 is 0 Å². The van der Waals surface area contributed by atoms with Crippen molar-refractivity contribution >= 4 is 5.91 Å². The Morgan fingerprint density at radius 3 is 2.52 bits per heavy atom. The van der Waals surface area contributed by atoms with Gasteiger partial charge >= 0.3 is 0 Å². The van der Waals surface area contributed by atoms with Crippen LogP contribution in [0.4, 0.5) is 4.39 Å². The first-order valence-corrected chi connectivity index (χ1v) is 9.75. The molecule has 1 amide bonds. The molecule has 1 aromatic carbocycles. The van der Waals surface area contributed by atoms with Crippen LogP contribution in [-0.4, -0.2) is 41.6 Å². The molecule has 2 aliphatic rings. The van der Waals surface area contributed by atoms with Gasteiger partial charge < -0.3 is 9.64 Å². The molecule has 2 aromatic rings. The van der Waals surface area contributed by atoms with Crippen LogP contribution in [-0.2, 0) is 9.53 Å². The predicted octanol–water partition coefficient (Wildman–Crippen LogP) is 4.08. The molecule has 0 radical (unpaired) electrons. The number of carbonyl (C=O) groups is 1. The number of nitrogens with zero attached hydrogens (tertiary/aromatic N) is 2. The fraction of sp³-hybridized carbons (Fsp3) is 0.455. The average Bonchev–Trinajstić information content (AvgIpc) is 3.22. The Hall–Kier alpha value is -2.27. The SMILES string of the molecule is Cc1cc(-c2ccc(F)cc2)cc(C2CCN(C(=O)[C@H]3CCCO3)CC2)n1. The minimum Gasteiger partial charge on any atom is -0.368 e. The van der Waals surface area contributed by atoms with E-state index in [0.29, 0.717) is 12.5 Å². The van der Waals surface area contributed by atoms with Crippen molar-refractivity contribution in [3.05, 3.63) is 53.6 Å². The minimum absolute atomic E-state index is 0.148. The molecule has 2 aliphatic heterocycles. The molecular formula is C22H25FN2O2. The summed E-state index contributed by atoms with van der Waals surface area (Å²) in [4.78, 5) is 19.2. The van der Waals surface area contributed by atoms with Crippen LogP contribution in [0.5, 0.6) is 0 Å². The maximum absolute atomic E-state index is 13.2. The number of rotatable bonds is 3. The second-order valence-electron chi connectivity index (χ2n) is 7.53. The van der Waals surface area contributed by atoms with Crippen molar-refractivity contribution in [2.24, 2.45) is 0 Å². The normalized spacial score (nSPS) is 20.8. The molecule has 3 heterocycles. The Labute approximate surface area is 159 Å². The second kappa shape index (κ2) is 7.77. The van der Waals surface area contributed by atoms with Gasteiger partial charge in [0.05, 0.1) is 0 Å². The number of carbonyl (C=O) groups excluding carboxylic acids is 1. The van der Waals surface area contributed by atoms with Crippen LogP contribution in [0.1, 0.15) is 43.0 Å². The number of aryl methyl sites for hydroxylation is 1. The van der Waals surface area contributed by atoms with Gasteiger partial charge in [-0.3, -0.25) is 9.78 Å². The van der Waals surface area contributed by atoms with E-state index < -0.39 is 0 Å². The Bertz CT molecular complexity index is 808. The van der Waals surface area contributed by atoms with Crippen molar-refractivity contribution in [1.82, 2.24) is 9.88 Å². The fourth-order valence-electron chi connectivity index (χ4n) is 4.08. The predicted molar refractivity (Wildman–Crippen MR) is 102 cm³/mol. The summed E-state index contributed by atoms with van der Waals surface area (Å²) in [6.45, 7) is 4.20. The largest absolute Gasteiger partial charge is 0.368 e. The maximum Gasteiger partial charge on any atom is 0.251 e. The second-order valence-corrected chi connectivity index (χ2v) is 7.53. The standard InChI is InChI=1S/C22H25FN2O2/c1-15-13-18(16-4-6-19(23)7-5-16)14-20(24-15)17-8-10-25(11-9-17)22(26)21-3-2-12-27-21/h4-7,13-14,17,21H,2-3,8-12H2,1H3/t21-/m1/s1. The van der Waals surface area contributed by atoms with Crippen molar-refractivity contribution in [3.8, 4) is 11.1 Å². The Balaban J connectivity index is 1.46. The number of hydrogen-bond donors (Lipinski definition) is 0. The van der Waals surface area contributed by atoms with Crippen molar-refractivity contribution in [3.63, 3.8) is 0 Å². The van der Waals surface area contributed by atoms with Crippen LogP contribution in [0.25, 0.3) is 11.1 Å². The molecule has 0 bridgehead atoms. The average molecular weight is 368 g/mol. The summed E-state index contributed by atoms with van der Waals surface area (Å²) in [6.07, 6.45) is 3.42. The van der Waals surface area contributed by atoms with Crippen LogP contribution in [0, 0.1) is 12.7 Å². The van der Waals surface area contributed by atoms with Gasteiger partial charge in [0, 0.05) is 37.0 Å². The van der Waals surface area contributed by atoms with E-state index in [1.54, 1.807) is 12.1 Å². The summed E-state index contributed by atoms with van der Waals surface area (Å²) >= 11 is 0. The van der Waals surface area contributed by atoms with Crippen molar-refractivity contribution in [2.45, 2.75) is 44.6 Å². The van der Waals surface area contributed by atoms with Gasteiger partial charge in [0.15, 0.2) is 0 Å². The maximum atomic E-state index is 13.2. The summed E-state index contributed by atoms with van der Waals surface area (Å²) in [5.74, 6) is 0.265. The molecule has 0 unspecified atom stereocenters. The fourth-order valence-corrected chi connectivity index (χ4v) is 4.08. The highest BCUT2D eigenvalue weighted by atomic mass is 19.1. The summed E-state index contributed by atoms with van der Waals surface area (Å²) in [6, 6.07) is 10.7. The van der Waals surface area contributed by atoms with Gasteiger partial charge in [-0.05, 0) is 68.0 Å². The molecule has 2 saturated heterocycles. The van der Waals surface area contributed by atoms with Crippen LogP contribution in [0.2, 0.25) is 0 Å². The molecule has 0 N–H and O–H groups in total. The molecular weight excluding hydrogens is 343 g/mol. The van der Waals surface area contributed by atoms with Gasteiger partial charge in [-0.25, -0.2) is 4.39 Å². The lowest BCUT2D eigenvalue weighted by Crippen LogP contribution is -2.43. The van der Waals surface area contributed by atoms with E-state index in [4.69, 9.17) is 9.72 Å². The van der Waals surface area contributed by atoms with E-state index in [-0.39, 0.29) is 17.8 Å². The van der Waals surface area contributed by atoms with Gasteiger partial charge in [0.1, 0.15) is 11.9 Å². The van der Waals surface area contributed by atoms with E-state index in [9.17, 15) is 9.18 Å². The van der Waals surface area contributed by atoms with Crippen molar-refractivity contribution < 1.29 is 13.9 Å². The monoisotopic (exact) mass is 368 g/mol. The van der Waals surface area contributed by atoms with Gasteiger partial charge in [-0.2, -0.15) is 0 Å². The first-order valence-electron chi connectivity index (χ1n) is 9.75. The third kappa shape index (κ3) is 4.03. The summed E-state index contributed by atoms with van der Waals surface area (Å²) < 4.78 is 18.8. The Morgan fingerprint density at radius 2 is 1.85 bits per heavy atom. The Morgan fingerprint density at radius 1 is 1.11 bits per heavy atom. The van der Waals surface area contributed by atoms with E-state index in [2.05, 4.69) is 6.07 Å². The number of aromatic nitrogens is 1. The zero-order chi connectivity index (χ0) is 18.8. The Kier molecular flexibility index (Phi) is 5.21. The van der Waals surface area contributed by atoms with Crippen LogP contribution >= 0.6 is 0 Å². The molecule has 2 fully saturated rings. The zero-order valence-corrected chi connectivity index (χ0v) is 15.7. The third-order valence-corrected chi connectivity index (χ3v) is 5.58. The highest BCUT2D eigenvalue weighted by Crippen LogP contribution is 2.31. The number of pyridine rings is 1. The highest BCUT2D eigenvalue weighted by molar-refractivity contribution is 5.81. The number of halogens is 1. The number of likely N-dealkylation sites (tertiary alicyclic amines) is 1. The molecule has 142 valence electrons. The lowest BCUT2D eigenvalue weighted by molar-refractivity contribution is -0.142. The summed E-state index contributed by atoms with van der Waals surface area (Å²) in [5.41, 5.74) is 4.09. The number of amides is 1. The molecule has 5 heteroatoms. The zero-order valence-electron chi connectivity index (χ0n) is 15.7. The highest BCUT2D eigenvalue weighted by Gasteiger charge is 2.31. The summed E-state index contributed by atoms with van der Waals surface area (Å²) in [5, 5.41) is 0. The molecule has 1 atom stereocenters. The van der Waals surface area contributed by atoms with Crippen molar-refractivity contribution in [1.29, 1.82) is 0 Å².